The van der Waals surface area contributed by atoms with Crippen LogP contribution in [0.15, 0.2) is 94.3 Å². The zero-order valence-electron chi connectivity index (χ0n) is 20.5. The molecule has 9 heteroatoms. The third kappa shape index (κ3) is 6.95. The van der Waals surface area contributed by atoms with Gasteiger partial charge in [-0.1, -0.05) is 64.5 Å². The Labute approximate surface area is 221 Å². The van der Waals surface area contributed by atoms with Gasteiger partial charge in [0, 0.05) is 17.1 Å². The number of amides is 2. The average Bonchev–Trinajstić information content (AvgIpc) is 2.86. The third-order valence-corrected chi connectivity index (χ3v) is 7.84. The Hall–Kier alpha value is -3.17. The first-order valence-electron chi connectivity index (χ1n) is 11.6. The van der Waals surface area contributed by atoms with Crippen molar-refractivity contribution in [1.29, 1.82) is 0 Å². The van der Waals surface area contributed by atoms with Crippen LogP contribution in [0.2, 0.25) is 0 Å². The average molecular weight is 573 g/mol. The van der Waals surface area contributed by atoms with Crippen LogP contribution in [0.4, 0.5) is 5.69 Å². The lowest BCUT2D eigenvalue weighted by Crippen LogP contribution is -2.52. The van der Waals surface area contributed by atoms with Gasteiger partial charge in [-0.15, -0.1) is 0 Å². The highest BCUT2D eigenvalue weighted by molar-refractivity contribution is 9.10. The first-order chi connectivity index (χ1) is 17.1. The Kier molecular flexibility index (Phi) is 9.28. The van der Waals surface area contributed by atoms with Gasteiger partial charge in [0.15, 0.2) is 0 Å². The van der Waals surface area contributed by atoms with Gasteiger partial charge in [0.2, 0.25) is 11.8 Å². The van der Waals surface area contributed by atoms with Crippen LogP contribution >= 0.6 is 15.9 Å². The van der Waals surface area contributed by atoms with Crippen molar-refractivity contribution in [2.45, 2.75) is 44.3 Å². The number of benzene rings is 3. The maximum atomic E-state index is 13.7. The van der Waals surface area contributed by atoms with Gasteiger partial charge < -0.3 is 10.2 Å². The van der Waals surface area contributed by atoms with E-state index in [4.69, 9.17) is 0 Å². The van der Waals surface area contributed by atoms with Crippen LogP contribution in [0.3, 0.4) is 0 Å². The van der Waals surface area contributed by atoms with Crippen molar-refractivity contribution >= 4 is 43.5 Å². The minimum absolute atomic E-state index is 0.0703. The standard InChI is InChI=1S/C27H30BrN3O4S/c1-20(2)29-27(33)21(3)30(18-22-10-6-4-7-11-22)26(32)19-31(24-16-14-23(28)15-17-24)36(34,35)25-12-8-5-9-13-25/h4-17,20-21H,18-19H2,1-3H3,(H,29,33)/t21-/m0/s1. The number of sulfonamides is 1. The first-order valence-corrected chi connectivity index (χ1v) is 13.8. The van der Waals surface area contributed by atoms with E-state index in [1.54, 1.807) is 49.4 Å². The van der Waals surface area contributed by atoms with Gasteiger partial charge in [-0.2, -0.15) is 0 Å². The Morgan fingerprint density at radius 2 is 1.42 bits per heavy atom. The van der Waals surface area contributed by atoms with Crippen LogP contribution in [0.1, 0.15) is 26.3 Å². The van der Waals surface area contributed by atoms with Crippen molar-refractivity contribution in [3.05, 3.63) is 95.0 Å². The first kappa shape index (κ1) is 27.4. The second-order valence-electron chi connectivity index (χ2n) is 8.65. The largest absolute Gasteiger partial charge is 0.352 e. The van der Waals surface area contributed by atoms with E-state index in [1.807, 2.05) is 44.2 Å². The maximum Gasteiger partial charge on any atom is 0.264 e. The molecule has 3 aromatic carbocycles. The van der Waals surface area contributed by atoms with Gasteiger partial charge in [0.05, 0.1) is 10.6 Å². The molecule has 2 amide bonds. The van der Waals surface area contributed by atoms with E-state index in [2.05, 4.69) is 21.2 Å². The Balaban J connectivity index is 2.00. The molecule has 0 aliphatic rings. The predicted molar refractivity (Wildman–Crippen MR) is 145 cm³/mol. The number of hydrogen-bond acceptors (Lipinski definition) is 4. The summed E-state index contributed by atoms with van der Waals surface area (Å²) in [5, 5.41) is 2.84. The summed E-state index contributed by atoms with van der Waals surface area (Å²) in [4.78, 5) is 28.1. The quantitative estimate of drug-likeness (QED) is 0.385. The highest BCUT2D eigenvalue weighted by Gasteiger charge is 2.32. The number of nitrogens with one attached hydrogen (secondary N) is 1. The molecule has 0 bridgehead atoms. The molecule has 0 saturated carbocycles. The van der Waals surface area contributed by atoms with Gasteiger partial charge in [-0.05, 0) is 62.7 Å². The zero-order valence-corrected chi connectivity index (χ0v) is 22.9. The fraction of sp³-hybridized carbons (Fsp3) is 0.259. The van der Waals surface area contributed by atoms with Crippen LogP contribution in [0, 0.1) is 0 Å². The summed E-state index contributed by atoms with van der Waals surface area (Å²) in [7, 11) is -4.06. The lowest BCUT2D eigenvalue weighted by Gasteiger charge is -2.32. The van der Waals surface area contributed by atoms with Crippen LogP contribution < -0.4 is 9.62 Å². The van der Waals surface area contributed by atoms with Crippen molar-refractivity contribution in [3.8, 4) is 0 Å². The van der Waals surface area contributed by atoms with Gasteiger partial charge in [-0.25, -0.2) is 8.42 Å². The van der Waals surface area contributed by atoms with E-state index >= 15 is 0 Å². The van der Waals surface area contributed by atoms with Gasteiger partial charge in [-0.3, -0.25) is 13.9 Å². The smallest absolute Gasteiger partial charge is 0.264 e. The Morgan fingerprint density at radius 3 is 1.97 bits per heavy atom. The SMILES string of the molecule is CC(C)NC(=O)[C@H](C)N(Cc1ccccc1)C(=O)CN(c1ccc(Br)cc1)S(=O)(=O)c1ccccc1. The molecule has 0 saturated heterocycles. The summed E-state index contributed by atoms with van der Waals surface area (Å²) >= 11 is 3.37. The van der Waals surface area contributed by atoms with Gasteiger partial charge in [0.25, 0.3) is 10.0 Å². The van der Waals surface area contributed by atoms with Crippen molar-refractivity contribution in [2.75, 3.05) is 10.8 Å². The van der Waals surface area contributed by atoms with Crippen molar-refractivity contribution in [1.82, 2.24) is 10.2 Å². The number of carbonyl (C=O) groups is 2. The van der Waals surface area contributed by atoms with Crippen LogP contribution in [-0.2, 0) is 26.2 Å². The molecule has 0 aliphatic heterocycles. The van der Waals surface area contributed by atoms with E-state index in [9.17, 15) is 18.0 Å². The summed E-state index contributed by atoms with van der Waals surface area (Å²) in [5.74, 6) is -0.803. The maximum absolute atomic E-state index is 13.7. The summed E-state index contributed by atoms with van der Waals surface area (Å²) in [6.07, 6.45) is 0. The molecular weight excluding hydrogens is 542 g/mol. The summed E-state index contributed by atoms with van der Waals surface area (Å²) in [6.45, 7) is 5.02. The van der Waals surface area contributed by atoms with Crippen LogP contribution in [0.5, 0.6) is 0 Å². The number of nitrogens with zero attached hydrogens (tertiary/aromatic N) is 2. The fourth-order valence-electron chi connectivity index (χ4n) is 3.62. The summed E-state index contributed by atoms with van der Waals surface area (Å²) in [6, 6.07) is 23.1. The van der Waals surface area contributed by atoms with Crippen molar-refractivity contribution in [3.63, 3.8) is 0 Å². The number of carbonyl (C=O) groups excluding carboxylic acids is 2. The molecule has 0 radical (unpaired) electrons. The van der Waals surface area contributed by atoms with Gasteiger partial charge in [0.1, 0.15) is 12.6 Å². The molecule has 0 aromatic heterocycles. The molecule has 7 nitrogen and oxygen atoms in total. The van der Waals surface area contributed by atoms with Gasteiger partial charge >= 0.3 is 0 Å². The predicted octanol–water partition coefficient (Wildman–Crippen LogP) is 4.59. The second-order valence-corrected chi connectivity index (χ2v) is 11.4. The van der Waals surface area contributed by atoms with E-state index in [0.29, 0.717) is 5.69 Å². The fourth-order valence-corrected chi connectivity index (χ4v) is 5.32. The molecule has 0 aliphatic carbocycles. The molecule has 190 valence electrons. The molecule has 3 aromatic rings. The molecule has 1 atom stereocenters. The topological polar surface area (TPSA) is 86.8 Å². The number of rotatable bonds is 10. The summed E-state index contributed by atoms with van der Waals surface area (Å²) in [5.41, 5.74) is 1.17. The zero-order chi connectivity index (χ0) is 26.3. The minimum atomic E-state index is -4.06. The molecule has 1 N–H and O–H groups in total. The molecule has 0 heterocycles. The molecular formula is C27H30BrN3O4S. The van der Waals surface area contributed by atoms with E-state index < -0.39 is 28.5 Å². The number of halogens is 1. The molecule has 3 rings (SSSR count). The van der Waals surface area contributed by atoms with E-state index in [1.165, 1.54) is 17.0 Å². The number of hydrogen-bond donors (Lipinski definition) is 1. The van der Waals surface area contributed by atoms with Crippen molar-refractivity contribution < 1.29 is 18.0 Å². The number of anilines is 1. The molecule has 0 spiro atoms. The monoisotopic (exact) mass is 571 g/mol. The third-order valence-electron chi connectivity index (χ3n) is 5.52. The minimum Gasteiger partial charge on any atom is -0.352 e. The normalized spacial score (nSPS) is 12.1. The Morgan fingerprint density at radius 1 is 0.861 bits per heavy atom. The molecule has 0 fully saturated rings. The van der Waals surface area contributed by atoms with E-state index in [0.717, 1.165) is 14.3 Å². The summed E-state index contributed by atoms with van der Waals surface area (Å²) < 4.78 is 29.2. The van der Waals surface area contributed by atoms with E-state index in [-0.39, 0.29) is 23.4 Å². The Bertz CT molecular complexity index is 1270. The lowest BCUT2D eigenvalue weighted by atomic mass is 10.1. The second kappa shape index (κ2) is 12.2. The highest BCUT2D eigenvalue weighted by atomic mass is 79.9. The van der Waals surface area contributed by atoms with Crippen molar-refractivity contribution in [2.24, 2.45) is 0 Å². The van der Waals surface area contributed by atoms with Crippen LogP contribution in [-0.4, -0.2) is 43.8 Å². The highest BCUT2D eigenvalue weighted by Crippen LogP contribution is 2.26. The lowest BCUT2D eigenvalue weighted by molar-refractivity contribution is -0.139. The molecule has 36 heavy (non-hydrogen) atoms. The van der Waals surface area contributed by atoms with Crippen LogP contribution in [0.25, 0.3) is 0 Å². The molecule has 0 unspecified atom stereocenters.